The Hall–Kier alpha value is -2.14. The van der Waals surface area contributed by atoms with Crippen molar-refractivity contribution in [1.29, 1.82) is 0 Å². The van der Waals surface area contributed by atoms with Gasteiger partial charge in [0.1, 0.15) is 17.4 Å². The zero-order chi connectivity index (χ0) is 14.5. The molecule has 110 valence electrons. The zero-order valence-corrected chi connectivity index (χ0v) is 11.9. The number of anilines is 1. The van der Waals surface area contributed by atoms with Crippen molar-refractivity contribution < 1.29 is 9.52 Å². The third kappa shape index (κ3) is 2.97. The molecule has 0 amide bonds. The van der Waals surface area contributed by atoms with E-state index in [1.165, 1.54) is 0 Å². The molecule has 0 spiro atoms. The van der Waals surface area contributed by atoms with Crippen LogP contribution in [0.2, 0.25) is 0 Å². The van der Waals surface area contributed by atoms with Crippen LogP contribution in [0.15, 0.2) is 35.0 Å². The van der Waals surface area contributed by atoms with Crippen molar-refractivity contribution in [2.24, 2.45) is 0 Å². The number of nitrogens with one attached hydrogen (secondary N) is 1. The zero-order valence-electron chi connectivity index (χ0n) is 11.9. The van der Waals surface area contributed by atoms with Crippen LogP contribution in [0.3, 0.4) is 0 Å². The third-order valence-corrected chi connectivity index (χ3v) is 3.54. The normalized spacial score (nSPS) is 11.3. The summed E-state index contributed by atoms with van der Waals surface area (Å²) in [6.07, 6.45) is 5.65. The van der Waals surface area contributed by atoms with E-state index in [4.69, 9.17) is 9.52 Å². The van der Waals surface area contributed by atoms with Gasteiger partial charge in [0.15, 0.2) is 11.4 Å². The Morgan fingerprint density at radius 3 is 2.81 bits per heavy atom. The molecular weight excluding hydrogens is 266 g/mol. The Kier molecular flexibility index (Phi) is 4.31. The molecule has 0 aliphatic rings. The van der Waals surface area contributed by atoms with Crippen molar-refractivity contribution >= 4 is 27.9 Å². The molecule has 2 aromatic heterocycles. The molecule has 0 saturated heterocycles. The molecule has 0 fully saturated rings. The number of aromatic nitrogens is 2. The van der Waals surface area contributed by atoms with Gasteiger partial charge in [0.25, 0.3) is 0 Å². The Morgan fingerprint density at radius 1 is 1.05 bits per heavy atom. The number of aliphatic hydroxyl groups is 1. The monoisotopic (exact) mass is 285 g/mol. The van der Waals surface area contributed by atoms with Crippen LogP contribution in [0.1, 0.15) is 25.7 Å². The molecule has 3 rings (SSSR count). The van der Waals surface area contributed by atoms with Gasteiger partial charge in [-0.1, -0.05) is 25.0 Å². The molecular formula is C16H19N3O2. The van der Waals surface area contributed by atoms with Crippen molar-refractivity contribution in [2.45, 2.75) is 25.7 Å². The number of rotatable bonds is 7. The van der Waals surface area contributed by atoms with Gasteiger partial charge in [0.2, 0.25) is 0 Å². The topological polar surface area (TPSA) is 71.2 Å². The molecule has 5 nitrogen and oxygen atoms in total. The lowest BCUT2D eigenvalue weighted by molar-refractivity contribution is 0.283. The molecule has 1 aromatic carbocycles. The third-order valence-electron chi connectivity index (χ3n) is 3.54. The van der Waals surface area contributed by atoms with E-state index in [2.05, 4.69) is 15.3 Å². The average Bonchev–Trinajstić information content (AvgIpc) is 2.90. The minimum atomic E-state index is 0.277. The Labute approximate surface area is 123 Å². The van der Waals surface area contributed by atoms with Gasteiger partial charge in [0, 0.05) is 18.5 Å². The number of furan rings is 1. The van der Waals surface area contributed by atoms with Gasteiger partial charge in [-0.2, -0.15) is 0 Å². The average molecular weight is 285 g/mol. The van der Waals surface area contributed by atoms with E-state index in [1.807, 2.05) is 24.3 Å². The van der Waals surface area contributed by atoms with E-state index in [0.29, 0.717) is 5.58 Å². The lowest BCUT2D eigenvalue weighted by Gasteiger charge is -2.05. The molecule has 0 bridgehead atoms. The van der Waals surface area contributed by atoms with Crippen LogP contribution < -0.4 is 5.32 Å². The highest BCUT2D eigenvalue weighted by molar-refractivity contribution is 6.05. The first-order valence-electron chi connectivity index (χ1n) is 7.37. The molecule has 0 aliphatic carbocycles. The summed E-state index contributed by atoms with van der Waals surface area (Å²) in [5.41, 5.74) is 2.40. The van der Waals surface area contributed by atoms with Crippen LogP contribution in [0, 0.1) is 0 Å². The van der Waals surface area contributed by atoms with E-state index in [0.717, 1.165) is 54.5 Å². The summed E-state index contributed by atoms with van der Waals surface area (Å²) in [7, 11) is 0. The molecule has 0 atom stereocenters. The number of aliphatic hydroxyl groups excluding tert-OH is 1. The molecule has 21 heavy (non-hydrogen) atoms. The highest BCUT2D eigenvalue weighted by atomic mass is 16.3. The van der Waals surface area contributed by atoms with Crippen molar-refractivity contribution in [3.63, 3.8) is 0 Å². The maximum Gasteiger partial charge on any atom is 0.196 e. The van der Waals surface area contributed by atoms with Gasteiger partial charge in [-0.3, -0.25) is 0 Å². The van der Waals surface area contributed by atoms with Gasteiger partial charge < -0.3 is 14.8 Å². The highest BCUT2D eigenvalue weighted by Gasteiger charge is 2.11. The number of para-hydroxylation sites is 1. The summed E-state index contributed by atoms with van der Waals surface area (Å²) in [6, 6.07) is 7.88. The van der Waals surface area contributed by atoms with Gasteiger partial charge in [-0.05, 0) is 25.0 Å². The number of benzene rings is 1. The second-order valence-electron chi connectivity index (χ2n) is 5.06. The van der Waals surface area contributed by atoms with E-state index >= 15 is 0 Å². The first-order valence-corrected chi connectivity index (χ1v) is 7.37. The molecule has 0 saturated carbocycles. The fourth-order valence-corrected chi connectivity index (χ4v) is 2.45. The van der Waals surface area contributed by atoms with Crippen LogP contribution in [0.25, 0.3) is 22.1 Å². The Bertz CT molecular complexity index is 724. The molecule has 0 unspecified atom stereocenters. The van der Waals surface area contributed by atoms with Crippen molar-refractivity contribution in [2.75, 3.05) is 18.5 Å². The van der Waals surface area contributed by atoms with E-state index in [-0.39, 0.29) is 6.61 Å². The molecule has 3 aromatic rings. The maximum atomic E-state index is 8.74. The summed E-state index contributed by atoms with van der Waals surface area (Å²) < 4.78 is 5.86. The SMILES string of the molecule is OCCCCCCNc1ncnc2c1oc1ccccc12. The van der Waals surface area contributed by atoms with Gasteiger partial charge in [-0.15, -0.1) is 0 Å². The van der Waals surface area contributed by atoms with Crippen LogP contribution >= 0.6 is 0 Å². The predicted octanol–water partition coefficient (Wildman–Crippen LogP) is 3.34. The molecule has 2 heterocycles. The predicted molar refractivity (Wildman–Crippen MR) is 83.4 cm³/mol. The minimum absolute atomic E-state index is 0.277. The van der Waals surface area contributed by atoms with Crippen molar-refractivity contribution in [1.82, 2.24) is 9.97 Å². The standard InChI is InChI=1S/C16H19N3O2/c20-10-6-2-1-5-9-17-16-15-14(18-11-19-16)12-7-3-4-8-13(12)21-15/h3-4,7-8,11,20H,1-2,5-6,9-10H2,(H,17,18,19). The largest absolute Gasteiger partial charge is 0.450 e. The van der Waals surface area contributed by atoms with Crippen LogP contribution in [-0.2, 0) is 0 Å². The molecule has 5 heteroatoms. The van der Waals surface area contributed by atoms with E-state index in [1.54, 1.807) is 6.33 Å². The second-order valence-corrected chi connectivity index (χ2v) is 5.06. The second kappa shape index (κ2) is 6.54. The number of nitrogens with zero attached hydrogens (tertiary/aromatic N) is 2. The molecule has 0 aliphatic heterocycles. The summed E-state index contributed by atoms with van der Waals surface area (Å²) in [5, 5.41) is 13.1. The fourth-order valence-electron chi connectivity index (χ4n) is 2.45. The van der Waals surface area contributed by atoms with Crippen LogP contribution in [0.5, 0.6) is 0 Å². The Balaban J connectivity index is 1.73. The van der Waals surface area contributed by atoms with Crippen LogP contribution in [-0.4, -0.2) is 28.2 Å². The van der Waals surface area contributed by atoms with Gasteiger partial charge in [-0.25, -0.2) is 9.97 Å². The Morgan fingerprint density at radius 2 is 1.90 bits per heavy atom. The molecule has 2 N–H and O–H groups in total. The first kappa shape index (κ1) is 13.8. The van der Waals surface area contributed by atoms with Crippen molar-refractivity contribution in [3.8, 4) is 0 Å². The summed E-state index contributed by atoms with van der Waals surface area (Å²) in [5.74, 6) is 0.748. The van der Waals surface area contributed by atoms with Crippen molar-refractivity contribution in [3.05, 3.63) is 30.6 Å². The van der Waals surface area contributed by atoms with Gasteiger partial charge in [0.05, 0.1) is 0 Å². The highest BCUT2D eigenvalue weighted by Crippen LogP contribution is 2.30. The number of hydrogen-bond acceptors (Lipinski definition) is 5. The lowest BCUT2D eigenvalue weighted by atomic mass is 10.2. The number of fused-ring (bicyclic) bond motifs is 3. The van der Waals surface area contributed by atoms with Gasteiger partial charge >= 0.3 is 0 Å². The fraction of sp³-hybridized carbons (Fsp3) is 0.375. The van der Waals surface area contributed by atoms with Crippen LogP contribution in [0.4, 0.5) is 5.82 Å². The number of hydrogen-bond donors (Lipinski definition) is 2. The van der Waals surface area contributed by atoms with E-state index in [9.17, 15) is 0 Å². The molecule has 0 radical (unpaired) electrons. The number of unbranched alkanes of at least 4 members (excludes halogenated alkanes) is 3. The maximum absolute atomic E-state index is 8.74. The summed E-state index contributed by atoms with van der Waals surface area (Å²) in [6.45, 7) is 1.12. The lowest BCUT2D eigenvalue weighted by Crippen LogP contribution is -2.03. The quantitative estimate of drug-likeness (QED) is 0.651. The summed E-state index contributed by atoms with van der Waals surface area (Å²) >= 11 is 0. The van der Waals surface area contributed by atoms with E-state index < -0.39 is 0 Å². The first-order chi connectivity index (χ1) is 10.4. The summed E-state index contributed by atoms with van der Waals surface area (Å²) in [4.78, 5) is 8.61. The smallest absolute Gasteiger partial charge is 0.196 e. The minimum Gasteiger partial charge on any atom is -0.450 e.